The van der Waals surface area contributed by atoms with Crippen LogP contribution in [0.15, 0.2) is 42.5 Å². The van der Waals surface area contributed by atoms with E-state index in [9.17, 15) is 8.78 Å². The van der Waals surface area contributed by atoms with Gasteiger partial charge in [0.2, 0.25) is 0 Å². The molecule has 4 heteroatoms. The van der Waals surface area contributed by atoms with Crippen LogP contribution in [0.5, 0.6) is 5.75 Å². The van der Waals surface area contributed by atoms with Crippen molar-refractivity contribution in [3.8, 4) is 5.75 Å². The van der Waals surface area contributed by atoms with Crippen LogP contribution in [0.2, 0.25) is 0 Å². The Bertz CT molecular complexity index is 540. The number of rotatable bonds is 5. The molecule has 0 saturated carbocycles. The minimum atomic E-state index is -0.856. The van der Waals surface area contributed by atoms with Gasteiger partial charge in [-0.3, -0.25) is 0 Å². The number of ether oxygens (including phenoxy) is 1. The van der Waals surface area contributed by atoms with Crippen LogP contribution >= 0.6 is 0 Å². The molecule has 2 rings (SSSR count). The van der Waals surface area contributed by atoms with E-state index in [2.05, 4.69) is 5.32 Å². The summed E-state index contributed by atoms with van der Waals surface area (Å²) in [5.41, 5.74) is 1.75. The zero-order valence-electron chi connectivity index (χ0n) is 10.6. The quantitative estimate of drug-likeness (QED) is 0.894. The lowest BCUT2D eigenvalue weighted by atomic mass is 10.2. The monoisotopic (exact) mass is 263 g/mol. The number of hydrogen-bond donors (Lipinski definition) is 1. The Morgan fingerprint density at radius 3 is 2.26 bits per heavy atom. The molecule has 0 heterocycles. The van der Waals surface area contributed by atoms with Crippen molar-refractivity contribution in [3.63, 3.8) is 0 Å². The lowest BCUT2D eigenvalue weighted by Gasteiger charge is -2.07. The Balaban J connectivity index is 1.96. The highest BCUT2D eigenvalue weighted by atomic mass is 19.2. The van der Waals surface area contributed by atoms with E-state index < -0.39 is 11.6 Å². The summed E-state index contributed by atoms with van der Waals surface area (Å²) >= 11 is 0. The molecule has 0 amide bonds. The molecule has 0 aromatic heterocycles. The molecule has 0 spiro atoms. The zero-order valence-corrected chi connectivity index (χ0v) is 10.6. The topological polar surface area (TPSA) is 21.3 Å². The predicted molar refractivity (Wildman–Crippen MR) is 69.9 cm³/mol. The van der Waals surface area contributed by atoms with Crippen molar-refractivity contribution in [3.05, 3.63) is 65.2 Å². The number of halogens is 2. The average molecular weight is 263 g/mol. The summed E-state index contributed by atoms with van der Waals surface area (Å²) in [6, 6.07) is 11.4. The van der Waals surface area contributed by atoms with Crippen molar-refractivity contribution < 1.29 is 13.5 Å². The Morgan fingerprint density at radius 1 is 0.947 bits per heavy atom. The molecular weight excluding hydrogens is 248 g/mol. The van der Waals surface area contributed by atoms with Crippen molar-refractivity contribution in [1.82, 2.24) is 5.32 Å². The Hall–Kier alpha value is -1.94. The molecule has 0 atom stereocenters. The summed E-state index contributed by atoms with van der Waals surface area (Å²) in [7, 11) is 1.88. The van der Waals surface area contributed by atoms with Crippen LogP contribution in [0.25, 0.3) is 0 Å². The van der Waals surface area contributed by atoms with Gasteiger partial charge in [0.15, 0.2) is 11.6 Å². The van der Waals surface area contributed by atoms with Crippen LogP contribution in [0, 0.1) is 11.6 Å². The highest BCUT2D eigenvalue weighted by Gasteiger charge is 2.03. The van der Waals surface area contributed by atoms with Crippen molar-refractivity contribution in [2.45, 2.75) is 13.2 Å². The first kappa shape index (κ1) is 13.5. The van der Waals surface area contributed by atoms with Crippen LogP contribution in [-0.4, -0.2) is 7.05 Å². The molecule has 0 aliphatic carbocycles. The van der Waals surface area contributed by atoms with E-state index in [0.29, 0.717) is 11.3 Å². The number of hydrogen-bond acceptors (Lipinski definition) is 2. The van der Waals surface area contributed by atoms with Gasteiger partial charge in [0.25, 0.3) is 0 Å². The fourth-order valence-electron chi connectivity index (χ4n) is 1.70. The molecule has 2 nitrogen and oxygen atoms in total. The summed E-state index contributed by atoms with van der Waals surface area (Å²) in [5, 5.41) is 3.05. The van der Waals surface area contributed by atoms with Gasteiger partial charge in [-0.05, 0) is 42.4 Å². The summed E-state index contributed by atoms with van der Waals surface area (Å²) in [5.74, 6) is -1.00. The Kier molecular flexibility index (Phi) is 4.47. The SMILES string of the molecule is CNCc1ccc(OCc2ccc(F)c(F)c2)cc1. The number of nitrogens with one attached hydrogen (secondary N) is 1. The maximum Gasteiger partial charge on any atom is 0.159 e. The van der Waals surface area contributed by atoms with E-state index in [1.807, 2.05) is 31.3 Å². The van der Waals surface area contributed by atoms with E-state index in [0.717, 1.165) is 24.2 Å². The molecule has 0 unspecified atom stereocenters. The predicted octanol–water partition coefficient (Wildman–Crippen LogP) is 3.26. The Labute approximate surface area is 111 Å². The zero-order chi connectivity index (χ0) is 13.7. The van der Waals surface area contributed by atoms with Crippen LogP contribution < -0.4 is 10.1 Å². The normalized spacial score (nSPS) is 10.5. The maximum absolute atomic E-state index is 13.0. The van der Waals surface area contributed by atoms with Crippen LogP contribution in [0.1, 0.15) is 11.1 Å². The van der Waals surface area contributed by atoms with Gasteiger partial charge in [-0.15, -0.1) is 0 Å². The highest BCUT2D eigenvalue weighted by Crippen LogP contribution is 2.15. The van der Waals surface area contributed by atoms with E-state index in [-0.39, 0.29) is 6.61 Å². The van der Waals surface area contributed by atoms with Gasteiger partial charge in [-0.2, -0.15) is 0 Å². The minimum Gasteiger partial charge on any atom is -0.489 e. The van der Waals surface area contributed by atoms with E-state index >= 15 is 0 Å². The van der Waals surface area contributed by atoms with Gasteiger partial charge in [0.05, 0.1) is 0 Å². The van der Waals surface area contributed by atoms with Crippen molar-refractivity contribution in [2.75, 3.05) is 7.05 Å². The fraction of sp³-hybridized carbons (Fsp3) is 0.200. The summed E-state index contributed by atoms with van der Waals surface area (Å²) in [6.45, 7) is 1.01. The molecule has 2 aromatic rings. The van der Waals surface area contributed by atoms with Gasteiger partial charge in [-0.1, -0.05) is 18.2 Å². The van der Waals surface area contributed by atoms with Gasteiger partial charge < -0.3 is 10.1 Å². The maximum atomic E-state index is 13.0. The van der Waals surface area contributed by atoms with Crippen molar-refractivity contribution in [1.29, 1.82) is 0 Å². The molecule has 2 aromatic carbocycles. The Morgan fingerprint density at radius 2 is 1.63 bits per heavy atom. The standard InChI is InChI=1S/C15H15F2NO/c1-18-9-11-2-5-13(6-3-11)19-10-12-4-7-14(16)15(17)8-12/h2-8,18H,9-10H2,1H3. The number of benzene rings is 2. The average Bonchev–Trinajstić information content (AvgIpc) is 2.42. The first-order valence-corrected chi connectivity index (χ1v) is 5.99. The first-order valence-electron chi connectivity index (χ1n) is 5.99. The smallest absolute Gasteiger partial charge is 0.159 e. The second-order valence-corrected chi connectivity index (χ2v) is 4.21. The van der Waals surface area contributed by atoms with Gasteiger partial charge >= 0.3 is 0 Å². The van der Waals surface area contributed by atoms with E-state index in [1.165, 1.54) is 6.07 Å². The van der Waals surface area contributed by atoms with Crippen LogP contribution in [-0.2, 0) is 13.2 Å². The molecule has 0 bridgehead atoms. The molecule has 0 aliphatic rings. The second-order valence-electron chi connectivity index (χ2n) is 4.21. The van der Waals surface area contributed by atoms with Crippen LogP contribution in [0.3, 0.4) is 0 Å². The fourth-order valence-corrected chi connectivity index (χ4v) is 1.70. The van der Waals surface area contributed by atoms with Crippen molar-refractivity contribution >= 4 is 0 Å². The minimum absolute atomic E-state index is 0.211. The molecule has 0 fully saturated rings. The molecule has 100 valence electrons. The molecule has 1 N–H and O–H groups in total. The first-order chi connectivity index (χ1) is 9.19. The summed E-state index contributed by atoms with van der Waals surface area (Å²) < 4.78 is 31.3. The largest absolute Gasteiger partial charge is 0.489 e. The lowest BCUT2D eigenvalue weighted by Crippen LogP contribution is -2.04. The third kappa shape index (κ3) is 3.76. The third-order valence-electron chi connectivity index (χ3n) is 2.69. The van der Waals surface area contributed by atoms with Gasteiger partial charge in [0, 0.05) is 6.54 Å². The summed E-state index contributed by atoms with van der Waals surface area (Å²) in [6.07, 6.45) is 0. The molecular formula is C15H15F2NO. The lowest BCUT2D eigenvalue weighted by molar-refractivity contribution is 0.305. The van der Waals surface area contributed by atoms with Crippen LogP contribution in [0.4, 0.5) is 8.78 Å². The van der Waals surface area contributed by atoms with Crippen molar-refractivity contribution in [2.24, 2.45) is 0 Å². The molecule has 0 radical (unpaired) electrons. The van der Waals surface area contributed by atoms with E-state index in [4.69, 9.17) is 4.74 Å². The molecule has 0 saturated heterocycles. The van der Waals surface area contributed by atoms with Gasteiger partial charge in [0.1, 0.15) is 12.4 Å². The third-order valence-corrected chi connectivity index (χ3v) is 2.69. The van der Waals surface area contributed by atoms with E-state index in [1.54, 1.807) is 0 Å². The highest BCUT2D eigenvalue weighted by molar-refractivity contribution is 5.27. The molecule has 0 aliphatic heterocycles. The molecule has 19 heavy (non-hydrogen) atoms. The summed E-state index contributed by atoms with van der Waals surface area (Å²) in [4.78, 5) is 0. The van der Waals surface area contributed by atoms with Gasteiger partial charge in [-0.25, -0.2) is 8.78 Å². The second kappa shape index (κ2) is 6.29.